The lowest BCUT2D eigenvalue weighted by Gasteiger charge is -2.15. The van der Waals surface area contributed by atoms with Crippen LogP contribution in [-0.4, -0.2) is 50.0 Å². The molecule has 0 spiro atoms. The predicted octanol–water partition coefficient (Wildman–Crippen LogP) is -0.481. The van der Waals surface area contributed by atoms with Gasteiger partial charge in [-0.15, -0.1) is 0 Å². The lowest BCUT2D eigenvalue weighted by Crippen LogP contribution is -2.33. The molecule has 3 N–H and O–H groups in total. The van der Waals surface area contributed by atoms with Crippen LogP contribution in [0.2, 0.25) is 0 Å². The zero-order valence-electron chi connectivity index (χ0n) is 10.4. The van der Waals surface area contributed by atoms with E-state index in [1.807, 2.05) is 6.07 Å². The highest BCUT2D eigenvalue weighted by molar-refractivity contribution is 5.83. The molecule has 0 bridgehead atoms. The van der Waals surface area contributed by atoms with Crippen LogP contribution in [0.4, 0.5) is 0 Å². The quantitative estimate of drug-likeness (QED) is 0.682. The number of nitriles is 1. The summed E-state index contributed by atoms with van der Waals surface area (Å²) in [5.41, 5.74) is 0.845. The van der Waals surface area contributed by atoms with Gasteiger partial charge >= 0.3 is 0 Å². The van der Waals surface area contributed by atoms with Crippen molar-refractivity contribution in [2.24, 2.45) is 0 Å². The van der Waals surface area contributed by atoms with Gasteiger partial charge in [-0.25, -0.2) is 4.68 Å². The molecule has 0 aliphatic carbocycles. The van der Waals surface area contributed by atoms with Crippen LogP contribution in [0, 0.1) is 11.3 Å². The number of aliphatic hydroxyl groups excluding tert-OH is 3. The maximum atomic E-state index is 10.0. The van der Waals surface area contributed by atoms with Crippen LogP contribution >= 0.6 is 0 Å². The second-order valence-corrected chi connectivity index (χ2v) is 4.65. The Labute approximate surface area is 114 Å². The van der Waals surface area contributed by atoms with E-state index in [0.717, 1.165) is 0 Å². The first-order valence-corrected chi connectivity index (χ1v) is 6.17. The number of rotatable bonds is 2. The van der Waals surface area contributed by atoms with Gasteiger partial charge in [-0.3, -0.25) is 0 Å². The first kappa shape index (κ1) is 13.0. The lowest BCUT2D eigenvalue weighted by molar-refractivity contribution is -0.0586. The predicted molar refractivity (Wildman–Crippen MR) is 67.5 cm³/mol. The Hall–Kier alpha value is -1.98. The Kier molecular flexibility index (Phi) is 3.16. The summed E-state index contributed by atoms with van der Waals surface area (Å²) in [5, 5.41) is 43.0. The fourth-order valence-corrected chi connectivity index (χ4v) is 2.43. The number of nitrogens with zero attached hydrogens (tertiary/aromatic N) is 3. The largest absolute Gasteiger partial charge is 0.394 e. The van der Waals surface area contributed by atoms with Crippen molar-refractivity contribution in [2.75, 3.05) is 6.61 Å². The molecule has 4 atom stereocenters. The topological polar surface area (TPSA) is 112 Å². The molecular weight excluding hydrogens is 262 g/mol. The fourth-order valence-electron chi connectivity index (χ4n) is 2.43. The minimum absolute atomic E-state index is 0.246. The van der Waals surface area contributed by atoms with Gasteiger partial charge in [0.05, 0.1) is 12.1 Å². The third-order valence-electron chi connectivity index (χ3n) is 3.47. The molecule has 0 amide bonds. The minimum atomic E-state index is -1.26. The van der Waals surface area contributed by atoms with Crippen LogP contribution in [0.5, 0.6) is 0 Å². The number of aliphatic hydroxyl groups is 3. The van der Waals surface area contributed by atoms with E-state index in [-0.39, 0.29) is 5.69 Å². The van der Waals surface area contributed by atoms with Crippen molar-refractivity contribution in [3.63, 3.8) is 0 Å². The number of fused-ring (bicyclic) bond motifs is 1. The molecule has 1 saturated heterocycles. The molecule has 1 aliphatic rings. The average Bonchev–Trinajstić information content (AvgIpc) is 2.97. The lowest BCUT2D eigenvalue weighted by atomic mass is 10.1. The molecule has 1 aromatic carbocycles. The van der Waals surface area contributed by atoms with Gasteiger partial charge in [0.1, 0.15) is 30.1 Å². The summed E-state index contributed by atoms with van der Waals surface area (Å²) in [4.78, 5) is 0. The molecule has 0 saturated carbocycles. The number of aromatic nitrogens is 2. The maximum Gasteiger partial charge on any atom is 0.180 e. The molecule has 2 heterocycles. The van der Waals surface area contributed by atoms with E-state index in [1.54, 1.807) is 24.3 Å². The van der Waals surface area contributed by atoms with Gasteiger partial charge in [0.25, 0.3) is 0 Å². The van der Waals surface area contributed by atoms with Crippen LogP contribution in [0.3, 0.4) is 0 Å². The van der Waals surface area contributed by atoms with Crippen molar-refractivity contribution < 1.29 is 20.1 Å². The normalized spacial score (nSPS) is 29.7. The third-order valence-corrected chi connectivity index (χ3v) is 3.47. The van der Waals surface area contributed by atoms with E-state index in [0.29, 0.717) is 10.9 Å². The van der Waals surface area contributed by atoms with Gasteiger partial charge in [0.15, 0.2) is 6.23 Å². The number of hydrogen-bond acceptors (Lipinski definition) is 6. The van der Waals surface area contributed by atoms with Gasteiger partial charge in [-0.1, -0.05) is 12.1 Å². The second-order valence-electron chi connectivity index (χ2n) is 4.65. The van der Waals surface area contributed by atoms with Gasteiger partial charge in [0.2, 0.25) is 0 Å². The van der Waals surface area contributed by atoms with E-state index < -0.39 is 31.1 Å². The molecule has 20 heavy (non-hydrogen) atoms. The van der Waals surface area contributed by atoms with E-state index in [4.69, 9.17) is 9.84 Å². The number of ether oxygens (including phenoxy) is 1. The van der Waals surface area contributed by atoms with Crippen molar-refractivity contribution in [3.8, 4) is 6.07 Å². The Balaban J connectivity index is 2.09. The summed E-state index contributed by atoms with van der Waals surface area (Å²) in [6.45, 7) is -0.419. The SMILES string of the molecule is N#Cc1c2ccccc2nn1C1OC(CO)C(O)C1O. The van der Waals surface area contributed by atoms with Gasteiger partial charge in [0, 0.05) is 5.39 Å². The molecule has 2 aromatic rings. The van der Waals surface area contributed by atoms with Gasteiger partial charge < -0.3 is 20.1 Å². The Bertz CT molecular complexity index is 678. The molecule has 3 rings (SSSR count). The van der Waals surface area contributed by atoms with Crippen LogP contribution in [-0.2, 0) is 4.74 Å². The highest BCUT2D eigenvalue weighted by Crippen LogP contribution is 2.31. The summed E-state index contributed by atoms with van der Waals surface area (Å²) in [7, 11) is 0. The third kappa shape index (κ3) is 1.78. The second kappa shape index (κ2) is 4.85. The maximum absolute atomic E-state index is 10.0. The van der Waals surface area contributed by atoms with Crippen molar-refractivity contribution >= 4 is 10.9 Å². The monoisotopic (exact) mass is 275 g/mol. The number of hydrogen-bond donors (Lipinski definition) is 3. The molecular formula is C13H13N3O4. The first-order valence-electron chi connectivity index (χ1n) is 6.17. The highest BCUT2D eigenvalue weighted by atomic mass is 16.6. The molecule has 7 nitrogen and oxygen atoms in total. The summed E-state index contributed by atoms with van der Waals surface area (Å²) in [6.07, 6.45) is -4.37. The van der Waals surface area contributed by atoms with Crippen molar-refractivity contribution in [1.82, 2.24) is 9.78 Å². The number of benzene rings is 1. The van der Waals surface area contributed by atoms with Crippen LogP contribution in [0.25, 0.3) is 10.9 Å². The molecule has 1 fully saturated rings. The summed E-state index contributed by atoms with van der Waals surface area (Å²) in [5.74, 6) is 0. The summed E-state index contributed by atoms with van der Waals surface area (Å²) < 4.78 is 6.65. The van der Waals surface area contributed by atoms with Crippen molar-refractivity contribution in [2.45, 2.75) is 24.5 Å². The molecule has 1 aromatic heterocycles. The van der Waals surface area contributed by atoms with E-state index >= 15 is 0 Å². The Morgan fingerprint density at radius 3 is 2.70 bits per heavy atom. The van der Waals surface area contributed by atoms with E-state index in [1.165, 1.54) is 4.68 Å². The van der Waals surface area contributed by atoms with E-state index in [9.17, 15) is 15.5 Å². The van der Waals surface area contributed by atoms with Gasteiger partial charge in [-0.05, 0) is 12.1 Å². The van der Waals surface area contributed by atoms with Crippen molar-refractivity contribution in [1.29, 1.82) is 5.26 Å². The molecule has 0 radical (unpaired) electrons. The summed E-state index contributed by atoms with van der Waals surface area (Å²) in [6, 6.07) is 9.10. The molecule has 4 unspecified atom stereocenters. The van der Waals surface area contributed by atoms with Crippen molar-refractivity contribution in [3.05, 3.63) is 30.0 Å². The Morgan fingerprint density at radius 2 is 2.05 bits per heavy atom. The average molecular weight is 275 g/mol. The van der Waals surface area contributed by atoms with Gasteiger partial charge in [-0.2, -0.15) is 10.4 Å². The van der Waals surface area contributed by atoms with Crippen LogP contribution in [0.1, 0.15) is 11.9 Å². The fraction of sp³-hybridized carbons (Fsp3) is 0.385. The zero-order chi connectivity index (χ0) is 14.3. The molecule has 7 heteroatoms. The summed E-state index contributed by atoms with van der Waals surface area (Å²) >= 11 is 0. The highest BCUT2D eigenvalue weighted by Gasteiger charge is 2.44. The molecule has 104 valence electrons. The van der Waals surface area contributed by atoms with E-state index in [2.05, 4.69) is 5.10 Å². The first-order chi connectivity index (χ1) is 9.67. The standard InChI is InChI=1S/C13H13N3O4/c14-5-9-7-3-1-2-4-8(7)15-16(9)13-12(19)11(18)10(6-17)20-13/h1-4,10-13,17-19H,6H2. The smallest absolute Gasteiger partial charge is 0.180 e. The minimum Gasteiger partial charge on any atom is -0.394 e. The van der Waals surface area contributed by atoms with Crippen LogP contribution in [0.15, 0.2) is 24.3 Å². The molecule has 1 aliphatic heterocycles. The zero-order valence-corrected chi connectivity index (χ0v) is 10.4. The van der Waals surface area contributed by atoms with Crippen LogP contribution < -0.4 is 0 Å². The Morgan fingerprint density at radius 1 is 1.30 bits per heavy atom.